The average molecular weight is 1060 g/mol. The minimum absolute atomic E-state index is 0. The molecule has 1 unspecified atom stereocenters. The highest BCUT2D eigenvalue weighted by Gasteiger charge is 2.22. The molecule has 1 atom stereocenters. The highest BCUT2D eigenvalue weighted by atomic mass is 16.2. The smallest absolute Gasteiger partial charge is 0.232 e. The molecule has 22 heteroatoms. The van der Waals surface area contributed by atoms with E-state index in [9.17, 15) is 52.7 Å². The Balaban J connectivity index is -0.0000000719. The molecule has 0 aliphatic heterocycles. The number of rotatable bonds is 25. The maximum atomic E-state index is 11.4. The van der Waals surface area contributed by atoms with Crippen molar-refractivity contribution in [3.63, 3.8) is 0 Å². The molecular formula is C51H113N11O11. The quantitative estimate of drug-likeness (QED) is 0.0345. The Labute approximate surface area is 444 Å². The highest BCUT2D eigenvalue weighted by molar-refractivity contribution is 6.00. The van der Waals surface area contributed by atoms with E-state index in [2.05, 4.69) is 60.1 Å². The third kappa shape index (κ3) is 70.5. The summed E-state index contributed by atoms with van der Waals surface area (Å²) >= 11 is 0. The van der Waals surface area contributed by atoms with Crippen LogP contribution < -0.4 is 53.2 Å². The summed E-state index contributed by atoms with van der Waals surface area (Å²) in [5, 5.41) is 26.4. The molecule has 0 saturated heterocycles. The third-order valence-corrected chi connectivity index (χ3v) is 9.19. The number of carbonyl (C=O) groups is 11. The minimum atomic E-state index is -0.551. The maximum Gasteiger partial charge on any atom is 0.232 e. The molecule has 438 valence electrons. The van der Waals surface area contributed by atoms with Gasteiger partial charge in [0, 0.05) is 115 Å². The van der Waals surface area contributed by atoms with Gasteiger partial charge in [-0.05, 0) is 56.8 Å². The van der Waals surface area contributed by atoms with Crippen LogP contribution in [-0.2, 0) is 52.7 Å². The molecule has 0 rings (SSSR count). The van der Waals surface area contributed by atoms with Crippen molar-refractivity contribution in [1.29, 1.82) is 0 Å². The van der Waals surface area contributed by atoms with Gasteiger partial charge in [0.1, 0.15) is 5.92 Å². The molecular weight excluding hydrogens is 943 g/mol. The molecule has 73 heavy (non-hydrogen) atoms. The summed E-state index contributed by atoms with van der Waals surface area (Å²) < 4.78 is 0. The number of carbonyl (C=O) groups excluding carboxylic acids is 11. The lowest BCUT2D eigenvalue weighted by atomic mass is 10.1. The van der Waals surface area contributed by atoms with Crippen molar-refractivity contribution in [2.24, 2.45) is 17.8 Å². The second kappa shape index (κ2) is 62.3. The van der Waals surface area contributed by atoms with Crippen LogP contribution in [0.1, 0.15) is 186 Å². The molecule has 0 aromatic carbocycles. The molecule has 22 nitrogen and oxygen atoms in total. The zero-order valence-electron chi connectivity index (χ0n) is 43.4. The van der Waals surface area contributed by atoms with E-state index in [0.29, 0.717) is 50.9 Å². The molecule has 0 aromatic heterocycles. The van der Waals surface area contributed by atoms with E-state index in [1.807, 2.05) is 13.8 Å². The van der Waals surface area contributed by atoms with Crippen LogP contribution in [-0.4, -0.2) is 136 Å². The summed E-state index contributed by atoms with van der Waals surface area (Å²) in [5.41, 5.74) is 0. The Kier molecular flexibility index (Phi) is 79.5. The van der Waals surface area contributed by atoms with Crippen LogP contribution in [0.5, 0.6) is 0 Å². The minimum Gasteiger partial charge on any atom is -0.358 e. The first kappa shape index (κ1) is 93.2. The van der Waals surface area contributed by atoms with Crippen molar-refractivity contribution in [2.75, 3.05) is 60.2 Å². The fraction of sp³-hybridized carbons (Fsp3) is 0.784. The molecule has 0 spiro atoms. The maximum absolute atomic E-state index is 11.4. The van der Waals surface area contributed by atoms with Crippen LogP contribution >= 0.6 is 0 Å². The van der Waals surface area contributed by atoms with Gasteiger partial charge >= 0.3 is 0 Å². The van der Waals surface area contributed by atoms with Crippen LogP contribution in [0.2, 0.25) is 0 Å². The Hall–Kier alpha value is -5.83. The van der Waals surface area contributed by atoms with Gasteiger partial charge in [0.05, 0.1) is 13.3 Å². The molecule has 0 fully saturated rings. The first-order valence-corrected chi connectivity index (χ1v) is 23.0. The molecule has 0 aromatic rings. The summed E-state index contributed by atoms with van der Waals surface area (Å²) in [6.45, 7) is 24.9. The summed E-state index contributed by atoms with van der Waals surface area (Å²) in [4.78, 5) is 120. The van der Waals surface area contributed by atoms with E-state index in [0.717, 1.165) is 45.1 Å². The van der Waals surface area contributed by atoms with Gasteiger partial charge in [-0.25, -0.2) is 0 Å². The molecule has 0 saturated carbocycles. The van der Waals surface area contributed by atoms with Crippen molar-refractivity contribution < 1.29 is 52.7 Å². The Bertz CT molecular complexity index is 1360. The van der Waals surface area contributed by atoms with Gasteiger partial charge in [-0.3, -0.25) is 52.7 Å². The van der Waals surface area contributed by atoms with Gasteiger partial charge in [0.2, 0.25) is 65.0 Å². The Morgan fingerprint density at radius 3 is 0.932 bits per heavy atom. The summed E-state index contributed by atoms with van der Waals surface area (Å²) in [5.74, 6) is -0.974. The third-order valence-electron chi connectivity index (χ3n) is 9.19. The van der Waals surface area contributed by atoms with Crippen LogP contribution in [0.3, 0.4) is 0 Å². The average Bonchev–Trinajstić information content (AvgIpc) is 3.25. The zero-order chi connectivity index (χ0) is 52.9. The molecule has 10 N–H and O–H groups in total. The summed E-state index contributed by atoms with van der Waals surface area (Å²) in [7, 11) is 3.04. The molecule has 0 aliphatic carbocycles. The van der Waals surface area contributed by atoms with Crippen molar-refractivity contribution >= 4 is 65.0 Å². The summed E-state index contributed by atoms with van der Waals surface area (Å²) in [6, 6.07) is 0.278. The molecule has 11 amide bonds. The first-order chi connectivity index (χ1) is 31.3. The highest BCUT2D eigenvalue weighted by Crippen LogP contribution is 2.04. The van der Waals surface area contributed by atoms with Gasteiger partial charge in [-0.1, -0.05) is 79.2 Å². The fourth-order valence-electron chi connectivity index (χ4n) is 5.03. The van der Waals surface area contributed by atoms with E-state index >= 15 is 0 Å². The number of unbranched alkanes of at least 4 members (excludes halogenated alkanes) is 1. The van der Waals surface area contributed by atoms with E-state index in [1.165, 1.54) is 67.5 Å². The van der Waals surface area contributed by atoms with Crippen molar-refractivity contribution in [1.82, 2.24) is 58.1 Å². The lowest BCUT2D eigenvalue weighted by Crippen LogP contribution is -2.46. The van der Waals surface area contributed by atoms with Gasteiger partial charge < -0.3 is 58.1 Å². The number of nitrogens with one attached hydrogen (secondary N) is 10. The van der Waals surface area contributed by atoms with Crippen molar-refractivity contribution in [3.8, 4) is 0 Å². The van der Waals surface area contributed by atoms with Gasteiger partial charge in [-0.15, -0.1) is 0 Å². The van der Waals surface area contributed by atoms with E-state index in [4.69, 9.17) is 0 Å². The van der Waals surface area contributed by atoms with Crippen LogP contribution in [0.15, 0.2) is 0 Å². The Morgan fingerprint density at radius 1 is 0.397 bits per heavy atom. The zero-order valence-corrected chi connectivity index (χ0v) is 43.4. The van der Waals surface area contributed by atoms with Gasteiger partial charge in [-0.2, -0.15) is 0 Å². The normalized spacial score (nSPS) is 9.29. The molecule has 0 bridgehead atoms. The van der Waals surface area contributed by atoms with E-state index in [-0.39, 0.29) is 129 Å². The fourth-order valence-corrected chi connectivity index (χ4v) is 5.03. The van der Waals surface area contributed by atoms with E-state index < -0.39 is 5.92 Å². The molecule has 0 aliphatic rings. The lowest BCUT2D eigenvalue weighted by molar-refractivity contribution is -0.135. The molecule has 0 heterocycles. The first-order valence-electron chi connectivity index (χ1n) is 23.0. The number of hydrogen-bond donors (Lipinski definition) is 10. The van der Waals surface area contributed by atoms with Gasteiger partial charge in [0.15, 0.2) is 0 Å². The van der Waals surface area contributed by atoms with Crippen molar-refractivity contribution in [2.45, 2.75) is 192 Å². The van der Waals surface area contributed by atoms with Gasteiger partial charge in [0.25, 0.3) is 0 Å². The predicted molar refractivity (Wildman–Crippen MR) is 300 cm³/mol. The second-order valence-electron chi connectivity index (χ2n) is 15.3. The SMILES string of the molecule is C.C.C.C.C.C.CCC(=O)N(CNC(C)=O)CNC(C)=O.CCC(C(=O)NC)C(=O)NC.CCC(CCCCNC(C)=O)NC(C)=O.CCC(CNC(C)=O)CNC(C)=O.CCC(CNC(C)=O)CNC(C)=O. The Morgan fingerprint density at radius 2 is 0.712 bits per heavy atom. The number of nitrogens with zero attached hydrogens (tertiary/aromatic N) is 1. The monoisotopic (exact) mass is 1060 g/mol. The van der Waals surface area contributed by atoms with Crippen LogP contribution in [0.4, 0.5) is 0 Å². The largest absolute Gasteiger partial charge is 0.358 e. The second-order valence-corrected chi connectivity index (χ2v) is 15.3. The number of amides is 11. The topological polar surface area (TPSA) is 311 Å². The lowest BCUT2D eigenvalue weighted by Gasteiger charge is -2.22. The predicted octanol–water partition coefficient (Wildman–Crippen LogP) is 4.51. The number of hydrogen-bond acceptors (Lipinski definition) is 11. The van der Waals surface area contributed by atoms with Crippen LogP contribution in [0, 0.1) is 17.8 Å². The van der Waals surface area contributed by atoms with Crippen molar-refractivity contribution in [3.05, 3.63) is 0 Å². The standard InChI is InChI=1S/C11H22N2O2.C9H17N3O3.2C9H18N2O2.C7H14N2O2.6CH4/c1-4-11(13-10(3)15)7-5-6-8-12-9(2)14;1-4-9(15)12(5-10-7(2)13)6-11-8(3)14;2*1-4-9(5-10-7(2)12)6-11-8(3)13;1-4-5(6(10)8-2)7(11)9-3;;;;;;/h11H,4-8H2,1-3H3,(H,12,14)(H,13,15);4-6H2,1-3H3,(H,10,13)(H,11,14);2*9H,4-6H2,1-3H3,(H,10,12)(H,11,13);5H,4H2,1-3H3,(H,8,10)(H,9,11);6*1H4. The van der Waals surface area contributed by atoms with E-state index in [1.54, 1.807) is 20.8 Å². The van der Waals surface area contributed by atoms with Crippen LogP contribution in [0.25, 0.3) is 0 Å². The molecule has 0 radical (unpaired) electrons. The summed E-state index contributed by atoms with van der Waals surface area (Å²) in [6.07, 6.45) is 6.68.